The van der Waals surface area contributed by atoms with Gasteiger partial charge >= 0.3 is 5.76 Å². The number of H-pyrrole nitrogens is 1. The predicted octanol–water partition coefficient (Wildman–Crippen LogP) is 2.06. The molecular formula is C13H9FN2O4S. The summed E-state index contributed by atoms with van der Waals surface area (Å²) >= 11 is 0. The summed E-state index contributed by atoms with van der Waals surface area (Å²) in [6.07, 6.45) is 0. The number of sulfonamides is 1. The Kier molecular flexibility index (Phi) is 3.02. The van der Waals surface area contributed by atoms with E-state index < -0.39 is 21.6 Å². The highest BCUT2D eigenvalue weighted by Gasteiger charge is 2.16. The molecule has 0 amide bonds. The molecule has 3 aromatic rings. The molecule has 0 aliphatic rings. The van der Waals surface area contributed by atoms with Crippen molar-refractivity contribution in [2.75, 3.05) is 4.72 Å². The fourth-order valence-electron chi connectivity index (χ4n) is 1.82. The van der Waals surface area contributed by atoms with Crippen molar-refractivity contribution in [3.63, 3.8) is 0 Å². The second-order valence-electron chi connectivity index (χ2n) is 4.28. The lowest BCUT2D eigenvalue weighted by Crippen LogP contribution is -2.12. The molecule has 0 radical (unpaired) electrons. The summed E-state index contributed by atoms with van der Waals surface area (Å²) in [7, 11) is -3.86. The molecule has 6 nitrogen and oxygen atoms in total. The van der Waals surface area contributed by atoms with E-state index in [0.717, 1.165) is 12.1 Å². The molecule has 2 N–H and O–H groups in total. The summed E-state index contributed by atoms with van der Waals surface area (Å²) in [4.78, 5) is 13.4. The molecule has 0 bridgehead atoms. The smallest absolute Gasteiger partial charge is 0.408 e. The van der Waals surface area contributed by atoms with Gasteiger partial charge < -0.3 is 4.42 Å². The zero-order valence-electron chi connectivity index (χ0n) is 10.5. The van der Waals surface area contributed by atoms with Gasteiger partial charge in [0.15, 0.2) is 5.58 Å². The molecule has 1 aromatic heterocycles. The van der Waals surface area contributed by atoms with Crippen LogP contribution in [0.1, 0.15) is 0 Å². The van der Waals surface area contributed by atoms with Gasteiger partial charge in [-0.1, -0.05) is 0 Å². The zero-order chi connectivity index (χ0) is 15.0. The van der Waals surface area contributed by atoms with Crippen molar-refractivity contribution in [1.82, 2.24) is 4.98 Å². The van der Waals surface area contributed by atoms with Crippen molar-refractivity contribution in [1.29, 1.82) is 0 Å². The molecule has 0 atom stereocenters. The van der Waals surface area contributed by atoms with Crippen LogP contribution in [0.15, 0.2) is 56.6 Å². The predicted molar refractivity (Wildman–Crippen MR) is 74.0 cm³/mol. The lowest BCUT2D eigenvalue weighted by atomic mass is 10.3. The minimum absolute atomic E-state index is 0.0675. The van der Waals surface area contributed by atoms with E-state index in [1.165, 1.54) is 30.3 Å². The third-order valence-corrected chi connectivity index (χ3v) is 4.18. The molecule has 8 heteroatoms. The number of hydrogen-bond acceptors (Lipinski definition) is 4. The fraction of sp³-hybridized carbons (Fsp3) is 0. The largest absolute Gasteiger partial charge is 0.417 e. The molecule has 3 rings (SSSR count). The Labute approximate surface area is 118 Å². The van der Waals surface area contributed by atoms with Gasteiger partial charge in [0.25, 0.3) is 10.0 Å². The van der Waals surface area contributed by atoms with Crippen molar-refractivity contribution < 1.29 is 17.2 Å². The number of benzene rings is 2. The summed E-state index contributed by atoms with van der Waals surface area (Å²) in [6.45, 7) is 0. The van der Waals surface area contributed by atoms with Crippen LogP contribution in [0.25, 0.3) is 11.1 Å². The number of halogens is 1. The highest BCUT2D eigenvalue weighted by Crippen LogP contribution is 2.20. The number of aromatic amines is 1. The Bertz CT molecular complexity index is 958. The van der Waals surface area contributed by atoms with Gasteiger partial charge in [0.2, 0.25) is 0 Å². The Hall–Kier alpha value is -2.61. The molecule has 2 aromatic carbocycles. The molecule has 0 saturated carbocycles. The second kappa shape index (κ2) is 4.74. The first-order chi connectivity index (χ1) is 9.94. The van der Waals surface area contributed by atoms with Crippen LogP contribution in [0, 0.1) is 5.82 Å². The van der Waals surface area contributed by atoms with Gasteiger partial charge in [0.1, 0.15) is 5.82 Å². The quantitative estimate of drug-likeness (QED) is 0.774. The Morgan fingerprint density at radius 1 is 1.10 bits per heavy atom. The van der Waals surface area contributed by atoms with E-state index in [1.807, 2.05) is 0 Å². The van der Waals surface area contributed by atoms with Crippen molar-refractivity contribution in [3.05, 3.63) is 58.8 Å². The van der Waals surface area contributed by atoms with Crippen LogP contribution in [0.4, 0.5) is 10.1 Å². The van der Waals surface area contributed by atoms with E-state index in [1.54, 1.807) is 0 Å². The number of oxazole rings is 1. The highest BCUT2D eigenvalue weighted by molar-refractivity contribution is 7.92. The maximum Gasteiger partial charge on any atom is 0.417 e. The Morgan fingerprint density at radius 3 is 2.52 bits per heavy atom. The molecule has 0 unspecified atom stereocenters. The summed E-state index contributed by atoms with van der Waals surface area (Å²) in [5.41, 5.74) is 0.773. The van der Waals surface area contributed by atoms with Gasteiger partial charge in [0.05, 0.1) is 10.4 Å². The van der Waals surface area contributed by atoms with E-state index in [4.69, 9.17) is 4.42 Å². The van der Waals surface area contributed by atoms with Crippen LogP contribution in [0.2, 0.25) is 0 Å². The number of fused-ring (bicyclic) bond motifs is 1. The van der Waals surface area contributed by atoms with Gasteiger partial charge in [-0.15, -0.1) is 0 Å². The average Bonchev–Trinajstić information content (AvgIpc) is 2.80. The minimum Gasteiger partial charge on any atom is -0.408 e. The van der Waals surface area contributed by atoms with Gasteiger partial charge in [-0.2, -0.15) is 0 Å². The maximum absolute atomic E-state index is 12.8. The summed E-state index contributed by atoms with van der Waals surface area (Å²) in [5, 5.41) is 0. The van der Waals surface area contributed by atoms with Crippen LogP contribution in [-0.2, 0) is 10.0 Å². The Balaban J connectivity index is 1.99. The standard InChI is InChI=1S/C13H9FN2O4S/c14-8-1-3-9(4-2-8)16-21(18,19)10-5-6-11-12(7-10)20-13(17)15-11/h1-7,16H,(H,15,17). The van der Waals surface area contributed by atoms with Crippen molar-refractivity contribution >= 4 is 26.8 Å². The van der Waals surface area contributed by atoms with E-state index in [0.29, 0.717) is 5.52 Å². The van der Waals surface area contributed by atoms with E-state index in [-0.39, 0.29) is 16.2 Å². The molecule has 0 saturated heterocycles. The second-order valence-corrected chi connectivity index (χ2v) is 5.97. The van der Waals surface area contributed by atoms with Crippen LogP contribution < -0.4 is 10.5 Å². The van der Waals surface area contributed by atoms with Crippen LogP contribution in [-0.4, -0.2) is 13.4 Å². The molecule has 21 heavy (non-hydrogen) atoms. The number of aromatic nitrogens is 1. The van der Waals surface area contributed by atoms with E-state index >= 15 is 0 Å². The lowest BCUT2D eigenvalue weighted by molar-refractivity contribution is 0.554. The van der Waals surface area contributed by atoms with Crippen molar-refractivity contribution in [3.8, 4) is 0 Å². The van der Waals surface area contributed by atoms with Crippen LogP contribution in [0.3, 0.4) is 0 Å². The number of nitrogens with one attached hydrogen (secondary N) is 2. The molecular weight excluding hydrogens is 299 g/mol. The first-order valence-corrected chi connectivity index (χ1v) is 7.34. The Morgan fingerprint density at radius 2 is 1.81 bits per heavy atom. The third-order valence-electron chi connectivity index (χ3n) is 2.80. The highest BCUT2D eigenvalue weighted by atomic mass is 32.2. The number of hydrogen-bond donors (Lipinski definition) is 2. The van der Waals surface area contributed by atoms with Gasteiger partial charge in [-0.25, -0.2) is 17.6 Å². The van der Waals surface area contributed by atoms with E-state index in [9.17, 15) is 17.6 Å². The monoisotopic (exact) mass is 308 g/mol. The van der Waals surface area contributed by atoms with Gasteiger partial charge in [0, 0.05) is 11.8 Å². The third kappa shape index (κ3) is 2.65. The van der Waals surface area contributed by atoms with Gasteiger partial charge in [-0.05, 0) is 36.4 Å². The number of anilines is 1. The molecule has 108 valence electrons. The fourth-order valence-corrected chi connectivity index (χ4v) is 2.90. The molecule has 0 spiro atoms. The van der Waals surface area contributed by atoms with Crippen LogP contribution in [0.5, 0.6) is 0 Å². The number of rotatable bonds is 3. The van der Waals surface area contributed by atoms with E-state index in [2.05, 4.69) is 9.71 Å². The average molecular weight is 308 g/mol. The first-order valence-electron chi connectivity index (χ1n) is 5.85. The van der Waals surface area contributed by atoms with Crippen molar-refractivity contribution in [2.24, 2.45) is 0 Å². The summed E-state index contributed by atoms with van der Waals surface area (Å²) < 4.78 is 44.3. The SMILES string of the molecule is O=c1[nH]c2ccc(S(=O)(=O)Nc3ccc(F)cc3)cc2o1. The van der Waals surface area contributed by atoms with Gasteiger partial charge in [-0.3, -0.25) is 9.71 Å². The minimum atomic E-state index is -3.86. The first kappa shape index (κ1) is 13.4. The summed E-state index contributed by atoms with van der Waals surface area (Å²) in [6, 6.07) is 8.90. The lowest BCUT2D eigenvalue weighted by Gasteiger charge is -2.07. The molecule has 0 aliphatic heterocycles. The molecule has 1 heterocycles. The van der Waals surface area contributed by atoms with Crippen LogP contribution >= 0.6 is 0 Å². The normalized spacial score (nSPS) is 11.7. The topological polar surface area (TPSA) is 92.2 Å². The maximum atomic E-state index is 12.8. The molecule has 0 fully saturated rings. The molecule has 0 aliphatic carbocycles. The summed E-state index contributed by atoms with van der Waals surface area (Å²) in [5.74, 6) is -1.13. The van der Waals surface area contributed by atoms with Crippen molar-refractivity contribution in [2.45, 2.75) is 4.90 Å². The zero-order valence-corrected chi connectivity index (χ0v) is 11.3.